The minimum absolute atomic E-state index is 0.0338. The fourth-order valence-electron chi connectivity index (χ4n) is 2.65. The molecule has 0 spiro atoms. The number of nitrogens with zero attached hydrogens (tertiary/aromatic N) is 1. The Morgan fingerprint density at radius 2 is 1.83 bits per heavy atom. The number of alkyl halides is 3. The Morgan fingerprint density at radius 3 is 2.55 bits per heavy atom. The average molecular weight is 423 g/mol. The molecule has 3 aromatic rings. The number of esters is 1. The third kappa shape index (κ3) is 5.23. The molecule has 9 heteroatoms. The van der Waals surface area contributed by atoms with Gasteiger partial charge in [-0.15, -0.1) is 0 Å². The Morgan fingerprint density at radius 1 is 1.10 bits per heavy atom. The molecular weight excluding hydrogens is 409 g/mol. The highest BCUT2D eigenvalue weighted by atomic mass is 35.5. The number of benzene rings is 2. The summed E-state index contributed by atoms with van der Waals surface area (Å²) in [5.74, 6) is -1.65. The van der Waals surface area contributed by atoms with E-state index in [9.17, 15) is 22.8 Å². The molecule has 1 amide bonds. The third-order valence-corrected chi connectivity index (χ3v) is 4.29. The van der Waals surface area contributed by atoms with Crippen LogP contribution in [0, 0.1) is 0 Å². The van der Waals surface area contributed by atoms with E-state index in [0.717, 1.165) is 16.3 Å². The van der Waals surface area contributed by atoms with Crippen LogP contribution in [0.1, 0.15) is 11.1 Å². The third-order valence-electron chi connectivity index (χ3n) is 4.01. The highest BCUT2D eigenvalue weighted by Gasteiger charge is 2.31. The van der Waals surface area contributed by atoms with Gasteiger partial charge in [0.25, 0.3) is 5.91 Å². The van der Waals surface area contributed by atoms with E-state index in [1.807, 2.05) is 36.4 Å². The van der Waals surface area contributed by atoms with Crippen LogP contribution in [0.4, 0.5) is 19.0 Å². The number of rotatable bonds is 5. The molecule has 5 nitrogen and oxygen atoms in total. The summed E-state index contributed by atoms with van der Waals surface area (Å²) in [5.41, 5.74) is -0.289. The lowest BCUT2D eigenvalue weighted by atomic mass is 10.0. The van der Waals surface area contributed by atoms with Crippen LogP contribution in [0.3, 0.4) is 0 Å². The predicted octanol–water partition coefficient (Wildman–Crippen LogP) is 4.63. The molecule has 0 unspecified atom stereocenters. The lowest BCUT2D eigenvalue weighted by Gasteiger charge is -2.10. The van der Waals surface area contributed by atoms with Crippen LogP contribution in [0.5, 0.6) is 0 Å². The van der Waals surface area contributed by atoms with Crippen LogP contribution >= 0.6 is 11.6 Å². The van der Waals surface area contributed by atoms with E-state index >= 15 is 0 Å². The van der Waals surface area contributed by atoms with E-state index < -0.39 is 30.2 Å². The number of nitrogens with one attached hydrogen (secondary N) is 1. The van der Waals surface area contributed by atoms with Gasteiger partial charge in [-0.05, 0) is 22.4 Å². The molecule has 150 valence electrons. The molecule has 1 N–H and O–H groups in total. The minimum Gasteiger partial charge on any atom is -0.455 e. The van der Waals surface area contributed by atoms with Crippen molar-refractivity contribution in [2.24, 2.45) is 0 Å². The van der Waals surface area contributed by atoms with E-state index in [1.165, 1.54) is 0 Å². The van der Waals surface area contributed by atoms with Crippen LogP contribution in [0.25, 0.3) is 10.8 Å². The minimum atomic E-state index is -4.60. The molecule has 1 aromatic heterocycles. The fraction of sp³-hybridized carbons (Fsp3) is 0.150. The zero-order valence-electron chi connectivity index (χ0n) is 14.8. The summed E-state index contributed by atoms with van der Waals surface area (Å²) in [7, 11) is 0. The summed E-state index contributed by atoms with van der Waals surface area (Å²) in [4.78, 5) is 27.5. The van der Waals surface area contributed by atoms with Crippen molar-refractivity contribution in [3.05, 3.63) is 70.9 Å². The van der Waals surface area contributed by atoms with Gasteiger partial charge in [0.1, 0.15) is 0 Å². The van der Waals surface area contributed by atoms with Crippen LogP contribution in [-0.4, -0.2) is 23.5 Å². The zero-order valence-corrected chi connectivity index (χ0v) is 15.6. The fourth-order valence-corrected chi connectivity index (χ4v) is 2.87. The quantitative estimate of drug-likeness (QED) is 0.609. The van der Waals surface area contributed by atoms with Crippen LogP contribution in [-0.2, 0) is 26.9 Å². The van der Waals surface area contributed by atoms with Gasteiger partial charge in [0.2, 0.25) is 0 Å². The van der Waals surface area contributed by atoms with Gasteiger partial charge >= 0.3 is 12.1 Å². The standard InChI is InChI=1S/C20H14ClF3N2O3/c21-16-9-14(20(22,23)24)10-25-19(16)26-17(27)11-29-18(28)8-13-6-3-5-12-4-1-2-7-15(12)13/h1-7,9-10H,8,11H2,(H,25,26,27). The number of anilines is 1. The molecule has 0 aliphatic heterocycles. The molecule has 29 heavy (non-hydrogen) atoms. The highest BCUT2D eigenvalue weighted by Crippen LogP contribution is 2.32. The molecule has 0 saturated carbocycles. The van der Waals surface area contributed by atoms with Gasteiger partial charge in [-0.3, -0.25) is 9.59 Å². The van der Waals surface area contributed by atoms with Crippen LogP contribution < -0.4 is 5.32 Å². The monoisotopic (exact) mass is 422 g/mol. The van der Waals surface area contributed by atoms with Crippen LogP contribution in [0.2, 0.25) is 5.02 Å². The van der Waals surface area contributed by atoms with Crippen molar-refractivity contribution >= 4 is 40.1 Å². The van der Waals surface area contributed by atoms with E-state index in [4.69, 9.17) is 16.3 Å². The summed E-state index contributed by atoms with van der Waals surface area (Å²) in [6.45, 7) is -0.622. The molecular formula is C20H14ClF3N2O3. The molecule has 0 aliphatic rings. The molecule has 1 heterocycles. The van der Waals surface area contributed by atoms with E-state index in [1.54, 1.807) is 6.07 Å². The van der Waals surface area contributed by atoms with Crippen molar-refractivity contribution in [2.45, 2.75) is 12.6 Å². The summed E-state index contributed by atoms with van der Waals surface area (Å²) in [6.07, 6.45) is -4.09. The molecule has 3 rings (SSSR count). The number of carbonyl (C=O) groups excluding carboxylic acids is 2. The summed E-state index contributed by atoms with van der Waals surface area (Å²) in [6, 6.07) is 13.7. The van der Waals surface area contributed by atoms with Crippen molar-refractivity contribution in [3.63, 3.8) is 0 Å². The lowest BCUT2D eigenvalue weighted by molar-refractivity contribution is -0.146. The topological polar surface area (TPSA) is 68.3 Å². The van der Waals surface area contributed by atoms with Gasteiger partial charge in [0.15, 0.2) is 12.4 Å². The molecule has 0 radical (unpaired) electrons. The van der Waals surface area contributed by atoms with Crippen molar-refractivity contribution in [2.75, 3.05) is 11.9 Å². The summed E-state index contributed by atoms with van der Waals surface area (Å²) in [5, 5.41) is 3.70. The zero-order chi connectivity index (χ0) is 21.0. The van der Waals surface area contributed by atoms with Gasteiger partial charge in [-0.1, -0.05) is 54.1 Å². The molecule has 0 saturated heterocycles. The van der Waals surface area contributed by atoms with Crippen molar-refractivity contribution in [1.29, 1.82) is 0 Å². The average Bonchev–Trinajstić information content (AvgIpc) is 2.67. The second kappa shape index (κ2) is 8.48. The summed E-state index contributed by atoms with van der Waals surface area (Å²) >= 11 is 5.72. The largest absolute Gasteiger partial charge is 0.455 e. The number of pyridine rings is 1. The highest BCUT2D eigenvalue weighted by molar-refractivity contribution is 6.33. The van der Waals surface area contributed by atoms with E-state index in [-0.39, 0.29) is 17.3 Å². The number of fused-ring (bicyclic) bond motifs is 1. The maximum atomic E-state index is 12.6. The van der Waals surface area contributed by atoms with Crippen LogP contribution in [0.15, 0.2) is 54.7 Å². The number of aromatic nitrogens is 1. The van der Waals surface area contributed by atoms with E-state index in [2.05, 4.69) is 10.3 Å². The SMILES string of the molecule is O=C(COC(=O)Cc1cccc2ccccc12)Nc1ncc(C(F)(F)F)cc1Cl. The Balaban J connectivity index is 1.57. The number of carbonyl (C=O) groups is 2. The lowest BCUT2D eigenvalue weighted by Crippen LogP contribution is -2.22. The Bertz CT molecular complexity index is 1070. The molecule has 2 aromatic carbocycles. The molecule has 0 aliphatic carbocycles. The number of hydrogen-bond donors (Lipinski definition) is 1. The first kappa shape index (κ1) is 20.6. The first-order chi connectivity index (χ1) is 13.7. The van der Waals surface area contributed by atoms with Crippen molar-refractivity contribution < 1.29 is 27.5 Å². The first-order valence-corrected chi connectivity index (χ1v) is 8.76. The number of halogens is 4. The molecule has 0 fully saturated rings. The molecule has 0 atom stereocenters. The Labute approximate surface area is 168 Å². The molecule has 0 bridgehead atoms. The van der Waals surface area contributed by atoms with Gasteiger partial charge in [0, 0.05) is 6.20 Å². The van der Waals surface area contributed by atoms with Gasteiger partial charge < -0.3 is 10.1 Å². The Hall–Kier alpha value is -3.13. The van der Waals surface area contributed by atoms with Crippen molar-refractivity contribution in [1.82, 2.24) is 4.98 Å². The normalized spacial score (nSPS) is 11.3. The van der Waals surface area contributed by atoms with Gasteiger partial charge in [-0.25, -0.2) is 4.98 Å². The smallest absolute Gasteiger partial charge is 0.417 e. The van der Waals surface area contributed by atoms with Gasteiger partial charge in [0.05, 0.1) is 17.0 Å². The Kier molecular flexibility index (Phi) is 6.03. The maximum Gasteiger partial charge on any atom is 0.417 e. The maximum absolute atomic E-state index is 12.6. The van der Waals surface area contributed by atoms with E-state index in [0.29, 0.717) is 12.3 Å². The number of hydrogen-bond acceptors (Lipinski definition) is 4. The number of amides is 1. The second-order valence-electron chi connectivity index (χ2n) is 6.08. The van der Waals surface area contributed by atoms with Gasteiger partial charge in [-0.2, -0.15) is 13.2 Å². The number of ether oxygens (including phenoxy) is 1. The van der Waals surface area contributed by atoms with Crippen molar-refractivity contribution in [3.8, 4) is 0 Å². The first-order valence-electron chi connectivity index (χ1n) is 8.39. The second-order valence-corrected chi connectivity index (χ2v) is 6.48. The predicted molar refractivity (Wildman–Crippen MR) is 101 cm³/mol. The summed E-state index contributed by atoms with van der Waals surface area (Å²) < 4.78 is 42.8.